The molecule has 5 rings (SSSR count). The molecule has 0 bridgehead atoms. The Morgan fingerprint density at radius 3 is 2.03 bits per heavy atom. The van der Waals surface area contributed by atoms with E-state index in [9.17, 15) is 0 Å². The summed E-state index contributed by atoms with van der Waals surface area (Å²) in [6, 6.07) is 21.2. The average molecular weight is 412 g/mol. The Morgan fingerprint density at radius 1 is 0.806 bits per heavy atom. The van der Waals surface area contributed by atoms with Crippen molar-refractivity contribution >= 4 is 22.1 Å². The van der Waals surface area contributed by atoms with E-state index < -0.39 is 0 Å². The lowest BCUT2D eigenvalue weighted by molar-refractivity contribution is 0.301. The van der Waals surface area contributed by atoms with Gasteiger partial charge in [0, 0.05) is 29.3 Å². The molecule has 1 heteroatoms. The topological polar surface area (TPSA) is 3.24 Å². The highest BCUT2D eigenvalue weighted by atomic mass is 15.1. The van der Waals surface area contributed by atoms with Crippen molar-refractivity contribution in [3.63, 3.8) is 0 Å². The summed E-state index contributed by atoms with van der Waals surface area (Å²) in [5.41, 5.74) is 8.10. The van der Waals surface area contributed by atoms with Crippen LogP contribution in [0.4, 0.5) is 11.4 Å². The molecule has 0 radical (unpaired) electrons. The van der Waals surface area contributed by atoms with Gasteiger partial charge in [0.25, 0.3) is 0 Å². The predicted molar refractivity (Wildman–Crippen MR) is 135 cm³/mol. The minimum absolute atomic E-state index is 0.181. The van der Waals surface area contributed by atoms with Gasteiger partial charge in [-0.15, -0.1) is 0 Å². The van der Waals surface area contributed by atoms with E-state index in [4.69, 9.17) is 0 Å². The zero-order valence-corrected chi connectivity index (χ0v) is 20.2. The summed E-state index contributed by atoms with van der Waals surface area (Å²) in [6.07, 6.45) is 6.13. The van der Waals surface area contributed by atoms with Gasteiger partial charge in [0.2, 0.25) is 0 Å². The molecule has 2 aliphatic rings. The fraction of sp³-hybridized carbons (Fsp3) is 0.467. The molecule has 1 fully saturated rings. The van der Waals surface area contributed by atoms with Crippen molar-refractivity contribution in [3.05, 3.63) is 71.3 Å². The molecule has 0 amide bonds. The van der Waals surface area contributed by atoms with Crippen LogP contribution in [0.2, 0.25) is 0 Å². The van der Waals surface area contributed by atoms with Gasteiger partial charge in [-0.25, -0.2) is 0 Å². The van der Waals surface area contributed by atoms with Gasteiger partial charge in [-0.2, -0.15) is 0 Å². The van der Waals surface area contributed by atoms with Crippen LogP contribution in [0.5, 0.6) is 0 Å². The molecule has 1 aliphatic heterocycles. The smallest absolute Gasteiger partial charge is 0.0453 e. The first-order chi connectivity index (χ1) is 14.8. The molecule has 0 saturated heterocycles. The minimum atomic E-state index is 0.181. The van der Waals surface area contributed by atoms with Crippen LogP contribution in [0.25, 0.3) is 10.8 Å². The standard InChI is InChI=1S/C30H37N/c1-7-28(4,5)23-14-15-26-25(20-23)30(16-17-30)29(8-2,9-3)24-18-21-12-10-11-13-22(21)19-27(24)31(26)6/h10-15,18-20H,7-9,16-17H2,1-6H3. The zero-order chi connectivity index (χ0) is 22.0. The summed E-state index contributed by atoms with van der Waals surface area (Å²) in [4.78, 5) is 2.49. The van der Waals surface area contributed by atoms with Crippen molar-refractivity contribution in [3.8, 4) is 0 Å². The maximum absolute atomic E-state index is 2.59. The normalized spacial score (nSPS) is 18.6. The molecule has 0 unspecified atom stereocenters. The van der Waals surface area contributed by atoms with Crippen LogP contribution >= 0.6 is 0 Å². The molecule has 1 aliphatic carbocycles. The van der Waals surface area contributed by atoms with Gasteiger partial charge < -0.3 is 4.90 Å². The lowest BCUT2D eigenvalue weighted by Gasteiger charge is -2.41. The van der Waals surface area contributed by atoms with Gasteiger partial charge in [-0.3, -0.25) is 0 Å². The highest BCUT2D eigenvalue weighted by Crippen LogP contribution is 2.68. The van der Waals surface area contributed by atoms with Gasteiger partial charge in [0.05, 0.1) is 0 Å². The monoisotopic (exact) mass is 411 g/mol. The Kier molecular flexibility index (Phi) is 4.56. The second kappa shape index (κ2) is 6.86. The second-order valence-corrected chi connectivity index (χ2v) is 10.6. The van der Waals surface area contributed by atoms with E-state index in [1.54, 1.807) is 11.1 Å². The van der Waals surface area contributed by atoms with Crippen LogP contribution in [-0.4, -0.2) is 7.05 Å². The number of hydrogen-bond acceptors (Lipinski definition) is 1. The SMILES string of the molecule is CCC(C)(C)c1ccc2c(c1)C1(CC1)C(CC)(CC)c1cc3ccccc3cc1N2C. The summed E-state index contributed by atoms with van der Waals surface area (Å²) in [5, 5.41) is 2.71. The Hall–Kier alpha value is -2.28. The molecule has 3 aromatic rings. The van der Waals surface area contributed by atoms with Crippen molar-refractivity contribution in [2.24, 2.45) is 0 Å². The number of anilines is 2. The zero-order valence-electron chi connectivity index (χ0n) is 20.2. The highest BCUT2D eigenvalue weighted by Gasteiger charge is 2.61. The van der Waals surface area contributed by atoms with E-state index in [0.717, 1.165) is 6.42 Å². The molecular weight excluding hydrogens is 374 g/mol. The van der Waals surface area contributed by atoms with E-state index in [-0.39, 0.29) is 16.2 Å². The summed E-state index contributed by atoms with van der Waals surface area (Å²) in [5.74, 6) is 0. The molecule has 0 N–H and O–H groups in total. The van der Waals surface area contributed by atoms with Crippen molar-refractivity contribution < 1.29 is 0 Å². The summed E-state index contributed by atoms with van der Waals surface area (Å²) < 4.78 is 0. The highest BCUT2D eigenvalue weighted by molar-refractivity contribution is 5.91. The van der Waals surface area contributed by atoms with Gasteiger partial charge in [0.15, 0.2) is 0 Å². The molecule has 0 aromatic heterocycles. The Morgan fingerprint density at radius 2 is 1.45 bits per heavy atom. The third kappa shape index (κ3) is 2.68. The largest absolute Gasteiger partial charge is 0.344 e. The van der Waals surface area contributed by atoms with Crippen molar-refractivity contribution in [1.82, 2.24) is 0 Å². The molecule has 0 atom stereocenters. The van der Waals surface area contributed by atoms with Gasteiger partial charge >= 0.3 is 0 Å². The number of hydrogen-bond donors (Lipinski definition) is 0. The number of fused-ring (bicyclic) bond motifs is 4. The first-order valence-corrected chi connectivity index (χ1v) is 12.3. The Bertz CT molecular complexity index is 1140. The fourth-order valence-corrected chi connectivity index (χ4v) is 6.55. The third-order valence-corrected chi connectivity index (χ3v) is 9.15. The second-order valence-electron chi connectivity index (χ2n) is 10.6. The third-order valence-electron chi connectivity index (χ3n) is 9.15. The van der Waals surface area contributed by atoms with E-state index in [2.05, 4.69) is 101 Å². The van der Waals surface area contributed by atoms with E-state index in [0.29, 0.717) is 0 Å². The average Bonchev–Trinajstić information content (AvgIpc) is 3.61. The van der Waals surface area contributed by atoms with Crippen LogP contribution in [0.15, 0.2) is 54.6 Å². The lowest BCUT2D eigenvalue weighted by atomic mass is 9.61. The number of rotatable bonds is 4. The van der Waals surface area contributed by atoms with Crippen molar-refractivity contribution in [2.45, 2.75) is 83.0 Å². The first kappa shape index (κ1) is 20.6. The van der Waals surface area contributed by atoms with E-state index >= 15 is 0 Å². The molecule has 3 aromatic carbocycles. The van der Waals surface area contributed by atoms with Crippen molar-refractivity contribution in [2.75, 3.05) is 11.9 Å². The molecule has 1 spiro atoms. The molecule has 162 valence electrons. The van der Waals surface area contributed by atoms with Crippen LogP contribution in [-0.2, 0) is 16.2 Å². The Labute approximate surface area is 188 Å². The number of benzene rings is 3. The Balaban J connectivity index is 1.85. The van der Waals surface area contributed by atoms with Crippen LogP contribution in [0.3, 0.4) is 0 Å². The molecular formula is C30H37N. The molecule has 1 nitrogen and oxygen atoms in total. The minimum Gasteiger partial charge on any atom is -0.344 e. The maximum Gasteiger partial charge on any atom is 0.0453 e. The maximum atomic E-state index is 2.59. The first-order valence-electron chi connectivity index (χ1n) is 12.3. The predicted octanol–water partition coefficient (Wildman–Crippen LogP) is 8.40. The molecule has 1 saturated carbocycles. The molecule has 31 heavy (non-hydrogen) atoms. The van der Waals surface area contributed by atoms with Gasteiger partial charge in [-0.1, -0.05) is 71.0 Å². The molecule has 1 heterocycles. The summed E-state index contributed by atoms with van der Waals surface area (Å²) in [6.45, 7) is 11.9. The van der Waals surface area contributed by atoms with Crippen LogP contribution in [0.1, 0.15) is 83.4 Å². The number of nitrogens with zero attached hydrogens (tertiary/aromatic N) is 1. The van der Waals surface area contributed by atoms with E-state index in [1.165, 1.54) is 53.4 Å². The van der Waals surface area contributed by atoms with Gasteiger partial charge in [-0.05, 0) is 83.2 Å². The van der Waals surface area contributed by atoms with Gasteiger partial charge in [0.1, 0.15) is 0 Å². The van der Waals surface area contributed by atoms with Crippen molar-refractivity contribution in [1.29, 1.82) is 0 Å². The van der Waals surface area contributed by atoms with Crippen LogP contribution in [0, 0.1) is 0 Å². The summed E-state index contributed by atoms with van der Waals surface area (Å²) in [7, 11) is 2.29. The van der Waals surface area contributed by atoms with E-state index in [1.807, 2.05) is 0 Å². The van der Waals surface area contributed by atoms with Crippen LogP contribution < -0.4 is 4.90 Å². The fourth-order valence-electron chi connectivity index (χ4n) is 6.55. The lowest BCUT2D eigenvalue weighted by Crippen LogP contribution is -2.38. The quantitative estimate of drug-likeness (QED) is 0.416. The summed E-state index contributed by atoms with van der Waals surface area (Å²) >= 11 is 0.